The third kappa shape index (κ3) is 2.72. The lowest BCUT2D eigenvalue weighted by Crippen LogP contribution is -2.01. The largest absolute Gasteiger partial charge is 0.220 e. The number of nitriles is 4. The Hall–Kier alpha value is -4.52. The Kier molecular flexibility index (Phi) is 4.36. The molecule has 6 heteroatoms. The molecular formula is C20H8N6. The third-order valence-corrected chi connectivity index (χ3v) is 3.75. The van der Waals surface area contributed by atoms with Gasteiger partial charge in [-0.15, -0.1) is 0 Å². The van der Waals surface area contributed by atoms with Gasteiger partial charge >= 0.3 is 0 Å². The Morgan fingerprint density at radius 3 is 0.885 bits per heavy atom. The Morgan fingerprint density at radius 1 is 0.462 bits per heavy atom. The van der Waals surface area contributed by atoms with Gasteiger partial charge in [0.15, 0.2) is 22.8 Å². The van der Waals surface area contributed by atoms with Crippen molar-refractivity contribution in [1.29, 1.82) is 21.0 Å². The van der Waals surface area contributed by atoms with Gasteiger partial charge in [0, 0.05) is 0 Å². The first-order chi connectivity index (χ1) is 12.7. The highest BCUT2D eigenvalue weighted by Crippen LogP contribution is 2.46. The molecule has 26 heavy (non-hydrogen) atoms. The average molecular weight is 332 g/mol. The summed E-state index contributed by atoms with van der Waals surface area (Å²) >= 11 is 0. The molecule has 3 aromatic rings. The minimum atomic E-state index is -0.247. The van der Waals surface area contributed by atoms with Gasteiger partial charge in [-0.05, 0) is 22.3 Å². The second kappa shape index (κ2) is 6.93. The van der Waals surface area contributed by atoms with E-state index in [9.17, 15) is 0 Å². The molecule has 6 nitrogen and oxygen atoms in total. The first-order valence-corrected chi connectivity index (χ1v) is 7.44. The molecular weight excluding hydrogens is 324 g/mol. The fraction of sp³-hybridized carbons (Fsp3) is 0. The van der Waals surface area contributed by atoms with Crippen molar-refractivity contribution in [2.24, 2.45) is 0 Å². The van der Waals surface area contributed by atoms with Crippen molar-refractivity contribution in [3.05, 3.63) is 71.3 Å². The summed E-state index contributed by atoms with van der Waals surface area (Å²) in [5.74, 6) is 0. The zero-order chi connectivity index (χ0) is 18.5. The van der Waals surface area contributed by atoms with Gasteiger partial charge in [0.05, 0.1) is 0 Å². The zero-order valence-electron chi connectivity index (χ0n) is 13.3. The molecule has 0 N–H and O–H groups in total. The van der Waals surface area contributed by atoms with Crippen molar-refractivity contribution in [2.45, 2.75) is 0 Å². The van der Waals surface area contributed by atoms with Gasteiger partial charge in [0.2, 0.25) is 0 Å². The van der Waals surface area contributed by atoms with Crippen LogP contribution in [0.4, 0.5) is 0 Å². The molecule has 1 aliphatic rings. The molecule has 0 amide bonds. The summed E-state index contributed by atoms with van der Waals surface area (Å²) < 4.78 is 0. The van der Waals surface area contributed by atoms with Gasteiger partial charge in [0.1, 0.15) is 24.3 Å². The van der Waals surface area contributed by atoms with Crippen molar-refractivity contribution in [2.75, 3.05) is 0 Å². The second-order valence-electron chi connectivity index (χ2n) is 5.16. The van der Waals surface area contributed by atoms with Gasteiger partial charge in [0.25, 0.3) is 0 Å². The van der Waals surface area contributed by atoms with Crippen LogP contribution in [0.25, 0.3) is 22.3 Å². The van der Waals surface area contributed by atoms with Crippen LogP contribution < -0.4 is 0 Å². The van der Waals surface area contributed by atoms with Crippen LogP contribution in [0.3, 0.4) is 0 Å². The van der Waals surface area contributed by atoms with E-state index in [0.29, 0.717) is 0 Å². The standard InChI is InChI=1S/C12H8.C8N6/c1-2-6-10-9(5-1)11-7-3-4-8-12(10)11;9-1-5-6(2-10)14-8(4-12)7(3-11)13-5/h1-8H;. The third-order valence-electron chi connectivity index (χ3n) is 3.75. The molecule has 1 heterocycles. The number of nitrogens with zero attached hydrogens (tertiary/aromatic N) is 6. The molecule has 118 valence electrons. The van der Waals surface area contributed by atoms with Gasteiger partial charge in [-0.25, -0.2) is 9.97 Å². The topological polar surface area (TPSA) is 121 Å². The molecule has 4 rings (SSSR count). The van der Waals surface area contributed by atoms with E-state index in [4.69, 9.17) is 21.0 Å². The van der Waals surface area contributed by atoms with Crippen LogP contribution in [-0.4, -0.2) is 9.97 Å². The lowest BCUT2D eigenvalue weighted by molar-refractivity contribution is 1.08. The molecule has 0 unspecified atom stereocenters. The summed E-state index contributed by atoms with van der Waals surface area (Å²) in [5, 5.41) is 34.1. The van der Waals surface area contributed by atoms with Crippen molar-refractivity contribution in [1.82, 2.24) is 9.97 Å². The fourth-order valence-corrected chi connectivity index (χ4v) is 2.59. The number of aromatic nitrogens is 2. The highest BCUT2D eigenvalue weighted by atomic mass is 14.8. The molecule has 0 fully saturated rings. The number of hydrogen-bond acceptors (Lipinski definition) is 6. The Balaban J connectivity index is 0.000000152. The maximum atomic E-state index is 8.54. The van der Waals surface area contributed by atoms with Crippen molar-refractivity contribution in [3.8, 4) is 46.5 Å². The molecule has 0 bridgehead atoms. The quantitative estimate of drug-likeness (QED) is 0.487. The normalized spacial score (nSPS) is 9.38. The highest BCUT2D eigenvalue weighted by molar-refractivity contribution is 6.02. The summed E-state index contributed by atoms with van der Waals surface area (Å²) in [5.41, 5.74) is 4.60. The smallest absolute Gasteiger partial charge is 0.178 e. The molecule has 0 spiro atoms. The summed E-state index contributed by atoms with van der Waals surface area (Å²) in [6.45, 7) is 0. The number of rotatable bonds is 0. The molecule has 0 aliphatic heterocycles. The van der Waals surface area contributed by atoms with E-state index in [1.165, 1.54) is 22.3 Å². The van der Waals surface area contributed by atoms with E-state index in [-0.39, 0.29) is 22.8 Å². The molecule has 2 aromatic carbocycles. The Labute approximate surface area is 149 Å². The van der Waals surface area contributed by atoms with Crippen molar-refractivity contribution in [3.63, 3.8) is 0 Å². The molecule has 0 saturated heterocycles. The first-order valence-electron chi connectivity index (χ1n) is 7.44. The van der Waals surface area contributed by atoms with Crippen LogP contribution in [0, 0.1) is 45.3 Å². The van der Waals surface area contributed by atoms with E-state index >= 15 is 0 Å². The van der Waals surface area contributed by atoms with Crippen LogP contribution in [0.15, 0.2) is 48.5 Å². The fourth-order valence-electron chi connectivity index (χ4n) is 2.59. The van der Waals surface area contributed by atoms with Gasteiger partial charge in [-0.3, -0.25) is 0 Å². The maximum absolute atomic E-state index is 8.54. The Morgan fingerprint density at radius 2 is 0.692 bits per heavy atom. The summed E-state index contributed by atoms with van der Waals surface area (Å²) in [4.78, 5) is 7.04. The van der Waals surface area contributed by atoms with E-state index in [1.54, 1.807) is 24.3 Å². The van der Waals surface area contributed by atoms with E-state index in [0.717, 1.165) is 0 Å². The average Bonchev–Trinajstić information content (AvgIpc) is 2.71. The number of benzene rings is 2. The minimum absolute atomic E-state index is 0.247. The summed E-state index contributed by atoms with van der Waals surface area (Å²) in [6, 6.07) is 23.5. The molecule has 1 aromatic heterocycles. The number of hydrogen-bond donors (Lipinski definition) is 0. The number of fused-ring (bicyclic) bond motifs is 4. The monoisotopic (exact) mass is 332 g/mol. The van der Waals surface area contributed by atoms with E-state index in [2.05, 4.69) is 58.5 Å². The highest BCUT2D eigenvalue weighted by Gasteiger charge is 2.19. The van der Waals surface area contributed by atoms with Crippen LogP contribution >= 0.6 is 0 Å². The predicted octanol–water partition coefficient (Wildman–Crippen LogP) is 3.30. The predicted molar refractivity (Wildman–Crippen MR) is 91.8 cm³/mol. The van der Waals surface area contributed by atoms with Gasteiger partial charge in [-0.2, -0.15) is 21.0 Å². The van der Waals surface area contributed by atoms with Crippen LogP contribution in [-0.2, 0) is 0 Å². The van der Waals surface area contributed by atoms with E-state index in [1.807, 2.05) is 0 Å². The van der Waals surface area contributed by atoms with Crippen LogP contribution in [0.1, 0.15) is 22.8 Å². The van der Waals surface area contributed by atoms with Crippen molar-refractivity contribution < 1.29 is 0 Å². The Bertz CT molecular complexity index is 984. The second-order valence-corrected chi connectivity index (χ2v) is 5.16. The first kappa shape index (κ1) is 16.3. The maximum Gasteiger partial charge on any atom is 0.178 e. The molecule has 0 radical (unpaired) electrons. The van der Waals surface area contributed by atoms with Crippen LogP contribution in [0.5, 0.6) is 0 Å². The van der Waals surface area contributed by atoms with E-state index < -0.39 is 0 Å². The van der Waals surface area contributed by atoms with Crippen molar-refractivity contribution >= 4 is 0 Å². The molecule has 0 atom stereocenters. The minimum Gasteiger partial charge on any atom is -0.220 e. The van der Waals surface area contributed by atoms with Gasteiger partial charge < -0.3 is 0 Å². The molecule has 0 saturated carbocycles. The SMILES string of the molecule is N#Cc1nc(C#N)c(C#N)nc1C#N.c1ccc2c(c1)-c1ccccc1-2. The summed E-state index contributed by atoms with van der Waals surface area (Å²) in [7, 11) is 0. The lowest BCUT2D eigenvalue weighted by Gasteiger charge is -2.22. The van der Waals surface area contributed by atoms with Crippen LogP contribution in [0.2, 0.25) is 0 Å². The zero-order valence-corrected chi connectivity index (χ0v) is 13.3. The summed E-state index contributed by atoms with van der Waals surface area (Å²) in [6.07, 6.45) is 0. The van der Waals surface area contributed by atoms with Gasteiger partial charge in [-0.1, -0.05) is 48.5 Å². The molecule has 1 aliphatic carbocycles. The lowest BCUT2D eigenvalue weighted by atomic mass is 9.81.